The van der Waals surface area contributed by atoms with Crippen LogP contribution in [0.25, 0.3) is 0 Å². The van der Waals surface area contributed by atoms with Crippen LogP contribution in [-0.2, 0) is 20.0 Å². The van der Waals surface area contributed by atoms with Crippen LogP contribution in [0.1, 0.15) is 17.3 Å². The Labute approximate surface area is 147 Å². The first-order chi connectivity index (χ1) is 11.6. The third-order valence-electron chi connectivity index (χ3n) is 3.46. The minimum Gasteiger partial charge on any atom is -0.294 e. The van der Waals surface area contributed by atoms with Crippen molar-refractivity contribution in [1.29, 1.82) is 0 Å². The lowest BCUT2D eigenvalue weighted by atomic mass is 10.1. The Kier molecular flexibility index (Phi) is 5.31. The van der Waals surface area contributed by atoms with Crippen molar-refractivity contribution < 1.29 is 21.6 Å². The van der Waals surface area contributed by atoms with Crippen LogP contribution in [0.15, 0.2) is 58.3 Å². The second kappa shape index (κ2) is 6.95. The first-order valence-corrected chi connectivity index (χ1v) is 10.1. The highest BCUT2D eigenvalue weighted by atomic mass is 32.2. The van der Waals surface area contributed by atoms with Crippen molar-refractivity contribution >= 4 is 31.5 Å². The normalized spacial score (nSPS) is 12.2. The fourth-order valence-electron chi connectivity index (χ4n) is 2.08. The van der Waals surface area contributed by atoms with Crippen molar-refractivity contribution in [3.05, 3.63) is 54.1 Å². The molecule has 7 nitrogen and oxygen atoms in total. The highest BCUT2D eigenvalue weighted by Crippen LogP contribution is 2.22. The van der Waals surface area contributed by atoms with Gasteiger partial charge in [-0.25, -0.2) is 21.1 Å². The van der Waals surface area contributed by atoms with E-state index in [9.17, 15) is 21.6 Å². The van der Waals surface area contributed by atoms with Gasteiger partial charge >= 0.3 is 0 Å². The van der Waals surface area contributed by atoms with E-state index >= 15 is 0 Å². The Morgan fingerprint density at radius 2 is 1.40 bits per heavy atom. The number of nitrogens with zero attached hydrogens (tertiary/aromatic N) is 1. The molecular weight excluding hydrogens is 364 g/mol. The zero-order valence-electron chi connectivity index (χ0n) is 13.9. The predicted octanol–water partition coefficient (Wildman–Crippen LogP) is 1.94. The van der Waals surface area contributed by atoms with E-state index in [0.29, 0.717) is 0 Å². The van der Waals surface area contributed by atoms with Gasteiger partial charge in [-0.1, -0.05) is 12.1 Å². The molecule has 0 aliphatic rings. The monoisotopic (exact) mass is 382 g/mol. The quantitative estimate of drug-likeness (QED) is 0.770. The number of ketones is 1. The minimum atomic E-state index is -3.96. The summed E-state index contributed by atoms with van der Waals surface area (Å²) in [6.07, 6.45) is 0. The number of Topliss-reactive ketones (excluding diaryl/α,β-unsaturated/α-hetero) is 1. The van der Waals surface area contributed by atoms with E-state index in [-0.39, 0.29) is 26.8 Å². The summed E-state index contributed by atoms with van der Waals surface area (Å²) in [6, 6.07) is 11.1. The highest BCUT2D eigenvalue weighted by Gasteiger charge is 2.20. The molecule has 1 N–H and O–H groups in total. The van der Waals surface area contributed by atoms with Gasteiger partial charge in [0.1, 0.15) is 0 Å². The zero-order valence-corrected chi connectivity index (χ0v) is 15.6. The summed E-state index contributed by atoms with van der Waals surface area (Å²) < 4.78 is 52.4. The van der Waals surface area contributed by atoms with Gasteiger partial charge in [0.15, 0.2) is 5.78 Å². The Morgan fingerprint density at radius 1 is 0.880 bits per heavy atom. The number of hydrogen-bond donors (Lipinski definition) is 1. The van der Waals surface area contributed by atoms with Crippen molar-refractivity contribution in [2.75, 3.05) is 18.8 Å². The fraction of sp³-hybridized carbons (Fsp3) is 0.188. The molecule has 2 aromatic carbocycles. The van der Waals surface area contributed by atoms with Crippen molar-refractivity contribution in [3.63, 3.8) is 0 Å². The molecule has 0 unspecified atom stereocenters. The minimum absolute atomic E-state index is 0.0133. The van der Waals surface area contributed by atoms with Crippen LogP contribution >= 0.6 is 0 Å². The van der Waals surface area contributed by atoms with Crippen molar-refractivity contribution in [2.24, 2.45) is 0 Å². The van der Waals surface area contributed by atoms with Crippen LogP contribution < -0.4 is 4.72 Å². The average Bonchev–Trinajstić information content (AvgIpc) is 2.54. The van der Waals surface area contributed by atoms with Crippen LogP contribution in [0.2, 0.25) is 0 Å². The number of para-hydroxylation sites is 1. The first-order valence-electron chi connectivity index (χ1n) is 7.21. The molecule has 2 aromatic rings. The Balaban J connectivity index is 2.37. The topological polar surface area (TPSA) is 101 Å². The van der Waals surface area contributed by atoms with Gasteiger partial charge in [0.2, 0.25) is 10.0 Å². The smallest absolute Gasteiger partial charge is 0.261 e. The third-order valence-corrected chi connectivity index (χ3v) is 6.67. The van der Waals surface area contributed by atoms with Crippen LogP contribution in [-0.4, -0.2) is 41.0 Å². The summed E-state index contributed by atoms with van der Waals surface area (Å²) in [5, 5.41) is 0. The summed E-state index contributed by atoms with van der Waals surface area (Å²) in [5.41, 5.74) is 0.415. The predicted molar refractivity (Wildman–Crippen MR) is 94.6 cm³/mol. The summed E-state index contributed by atoms with van der Waals surface area (Å²) in [7, 11) is -4.83. The Bertz CT molecular complexity index is 995. The molecule has 134 valence electrons. The maximum absolute atomic E-state index is 12.5. The lowest BCUT2D eigenvalue weighted by Crippen LogP contribution is -2.22. The van der Waals surface area contributed by atoms with Gasteiger partial charge < -0.3 is 0 Å². The van der Waals surface area contributed by atoms with E-state index in [4.69, 9.17) is 0 Å². The largest absolute Gasteiger partial charge is 0.294 e. The number of nitrogens with one attached hydrogen (secondary N) is 1. The molecule has 9 heteroatoms. The molecule has 2 rings (SSSR count). The number of benzene rings is 2. The number of rotatable bonds is 6. The second-order valence-corrected chi connectivity index (χ2v) is 9.30. The molecule has 25 heavy (non-hydrogen) atoms. The van der Waals surface area contributed by atoms with Crippen LogP contribution in [0.4, 0.5) is 5.69 Å². The highest BCUT2D eigenvalue weighted by molar-refractivity contribution is 7.92. The lowest BCUT2D eigenvalue weighted by molar-refractivity contribution is 0.101. The van der Waals surface area contributed by atoms with Gasteiger partial charge in [-0.3, -0.25) is 9.52 Å². The summed E-state index contributed by atoms with van der Waals surface area (Å²) in [4.78, 5) is 11.5. The van der Waals surface area contributed by atoms with E-state index in [0.717, 1.165) is 4.31 Å². The Morgan fingerprint density at radius 3 is 1.92 bits per heavy atom. The van der Waals surface area contributed by atoms with Gasteiger partial charge in [0.25, 0.3) is 10.0 Å². The Hall–Kier alpha value is -2.23. The average molecular weight is 382 g/mol. The second-order valence-electron chi connectivity index (χ2n) is 5.47. The number of sulfonamides is 2. The zero-order chi connectivity index (χ0) is 18.8. The molecule has 0 heterocycles. The molecule has 0 bridgehead atoms. The molecule has 0 radical (unpaired) electrons. The molecule has 0 saturated carbocycles. The molecule has 0 aromatic heterocycles. The number of hydrogen-bond acceptors (Lipinski definition) is 5. The standard InChI is InChI=1S/C16H18N2O5S2/c1-12(19)15-6-4-5-7-16(15)17-24(20,21)13-8-10-14(11-9-13)25(22,23)18(2)3/h4-11,17H,1-3H3. The first kappa shape index (κ1) is 19.1. The lowest BCUT2D eigenvalue weighted by Gasteiger charge is -2.13. The van der Waals surface area contributed by atoms with E-state index in [2.05, 4.69) is 4.72 Å². The fourth-order valence-corrected chi connectivity index (χ4v) is 4.07. The van der Waals surface area contributed by atoms with Crippen LogP contribution in [0.5, 0.6) is 0 Å². The molecule has 0 atom stereocenters. The number of carbonyl (C=O) groups is 1. The molecule has 0 amide bonds. The van der Waals surface area contributed by atoms with Crippen LogP contribution in [0, 0.1) is 0 Å². The maximum Gasteiger partial charge on any atom is 0.261 e. The van der Waals surface area contributed by atoms with Gasteiger partial charge in [-0.2, -0.15) is 0 Å². The van der Waals surface area contributed by atoms with Crippen molar-refractivity contribution in [1.82, 2.24) is 4.31 Å². The number of anilines is 1. The SMILES string of the molecule is CC(=O)c1ccccc1NS(=O)(=O)c1ccc(S(=O)(=O)N(C)C)cc1. The van der Waals surface area contributed by atoms with Crippen molar-refractivity contribution in [2.45, 2.75) is 16.7 Å². The molecular formula is C16H18N2O5S2. The number of carbonyl (C=O) groups excluding carboxylic acids is 1. The van der Waals surface area contributed by atoms with E-state index in [1.54, 1.807) is 12.1 Å². The third kappa shape index (κ3) is 4.06. The summed E-state index contributed by atoms with van der Waals surface area (Å²) >= 11 is 0. The van der Waals surface area contributed by atoms with E-state index < -0.39 is 20.0 Å². The van der Waals surface area contributed by atoms with Gasteiger partial charge in [0.05, 0.1) is 15.5 Å². The molecule has 0 spiro atoms. The van der Waals surface area contributed by atoms with Gasteiger partial charge in [0, 0.05) is 19.7 Å². The molecule has 0 fully saturated rings. The van der Waals surface area contributed by atoms with Crippen molar-refractivity contribution in [3.8, 4) is 0 Å². The maximum atomic E-state index is 12.5. The van der Waals surface area contributed by atoms with Gasteiger partial charge in [-0.15, -0.1) is 0 Å². The molecule has 0 aliphatic heterocycles. The van der Waals surface area contributed by atoms with Crippen LogP contribution in [0.3, 0.4) is 0 Å². The van der Waals surface area contributed by atoms with Gasteiger partial charge in [-0.05, 0) is 43.3 Å². The molecule has 0 saturated heterocycles. The van der Waals surface area contributed by atoms with E-state index in [1.165, 1.54) is 57.4 Å². The summed E-state index contributed by atoms with van der Waals surface area (Å²) in [5.74, 6) is -0.272. The molecule has 0 aliphatic carbocycles. The summed E-state index contributed by atoms with van der Waals surface area (Å²) in [6.45, 7) is 1.34. The van der Waals surface area contributed by atoms with E-state index in [1.807, 2.05) is 0 Å².